The van der Waals surface area contributed by atoms with Gasteiger partial charge < -0.3 is 20.5 Å². The zero-order valence-corrected chi connectivity index (χ0v) is 17.2. The lowest BCUT2D eigenvalue weighted by Crippen LogP contribution is -2.39. The van der Waals surface area contributed by atoms with E-state index in [9.17, 15) is 0 Å². The largest absolute Gasteiger partial charge is 0.490 e. The first-order valence-corrected chi connectivity index (χ1v) is 10.3. The number of nitrogens with two attached hydrogens (primary N) is 1. The van der Waals surface area contributed by atoms with Gasteiger partial charge in [-0.1, -0.05) is 0 Å². The predicted octanol–water partition coefficient (Wildman–Crippen LogP) is 2.39. The number of guanidine groups is 1. The Hall–Kier alpha value is -2.74. The number of rotatable bonds is 4. The fourth-order valence-electron chi connectivity index (χ4n) is 4.24. The van der Waals surface area contributed by atoms with Crippen LogP contribution in [0, 0.1) is 5.92 Å². The Balaban J connectivity index is 1.44. The number of anilines is 1. The minimum absolute atomic E-state index is 0.297. The van der Waals surface area contributed by atoms with Gasteiger partial charge in [-0.15, -0.1) is 0 Å². The molecular formula is C21H30N6O2. The highest BCUT2D eigenvalue weighted by molar-refractivity contribution is 5.92. The van der Waals surface area contributed by atoms with Gasteiger partial charge in [0.1, 0.15) is 0 Å². The molecule has 29 heavy (non-hydrogen) atoms. The van der Waals surface area contributed by atoms with Crippen molar-refractivity contribution in [1.82, 2.24) is 14.7 Å². The average molecular weight is 399 g/mol. The lowest BCUT2D eigenvalue weighted by molar-refractivity contribution is 0.119. The Labute approximate surface area is 171 Å². The molecule has 1 fully saturated rings. The second-order valence-electron chi connectivity index (χ2n) is 7.77. The molecule has 1 aromatic carbocycles. The molecule has 0 bridgehead atoms. The van der Waals surface area contributed by atoms with Gasteiger partial charge in [0, 0.05) is 38.0 Å². The van der Waals surface area contributed by atoms with Crippen LogP contribution in [0.3, 0.4) is 0 Å². The van der Waals surface area contributed by atoms with Gasteiger partial charge in [0.15, 0.2) is 17.5 Å². The third-order valence-electron chi connectivity index (χ3n) is 5.69. The average Bonchev–Trinajstić information content (AvgIpc) is 2.98. The van der Waals surface area contributed by atoms with Crippen molar-refractivity contribution in [2.45, 2.75) is 25.3 Å². The fourth-order valence-corrected chi connectivity index (χ4v) is 4.24. The molecule has 0 saturated carbocycles. The molecule has 0 amide bonds. The van der Waals surface area contributed by atoms with Crippen LogP contribution in [-0.2, 0) is 7.05 Å². The molecule has 0 spiro atoms. The number of aromatic nitrogens is 2. The molecule has 1 aromatic heterocycles. The topological polar surface area (TPSA) is 89.9 Å². The molecule has 2 aliphatic rings. The predicted molar refractivity (Wildman–Crippen MR) is 113 cm³/mol. The van der Waals surface area contributed by atoms with Crippen molar-refractivity contribution in [3.05, 3.63) is 36.2 Å². The maximum atomic E-state index is 6.19. The van der Waals surface area contributed by atoms with Crippen molar-refractivity contribution in [2.75, 3.05) is 38.7 Å². The van der Waals surface area contributed by atoms with Crippen LogP contribution in [0.25, 0.3) is 0 Å². The molecule has 4 rings (SSSR count). The van der Waals surface area contributed by atoms with Crippen LogP contribution in [0.1, 0.15) is 31.0 Å². The van der Waals surface area contributed by atoms with E-state index in [1.807, 2.05) is 36.1 Å². The van der Waals surface area contributed by atoms with Crippen molar-refractivity contribution < 1.29 is 9.47 Å². The van der Waals surface area contributed by atoms with Crippen LogP contribution >= 0.6 is 0 Å². The Morgan fingerprint density at radius 1 is 1.21 bits per heavy atom. The van der Waals surface area contributed by atoms with Crippen LogP contribution < -0.4 is 20.5 Å². The van der Waals surface area contributed by atoms with Gasteiger partial charge in [-0.05, 0) is 50.6 Å². The standard InChI is InChI=1S/C21H30N6O2/c1-26-10-3-5-15(20(26)17-8-9-24-27(17)2)14-23-21(22)25-16-6-7-18-19(13-16)29-12-4-11-28-18/h6-9,13,15,20H,3-5,10-12,14H2,1-2H3,(H3,22,23,25)/t15-,20+/m0/s1. The smallest absolute Gasteiger partial charge is 0.193 e. The lowest BCUT2D eigenvalue weighted by Gasteiger charge is -2.38. The zero-order valence-electron chi connectivity index (χ0n) is 17.2. The second-order valence-corrected chi connectivity index (χ2v) is 7.77. The maximum Gasteiger partial charge on any atom is 0.193 e. The van der Waals surface area contributed by atoms with Gasteiger partial charge in [-0.25, -0.2) is 0 Å². The van der Waals surface area contributed by atoms with Crippen molar-refractivity contribution in [2.24, 2.45) is 23.7 Å². The quantitative estimate of drug-likeness (QED) is 0.607. The number of ether oxygens (including phenoxy) is 2. The Bertz CT molecular complexity index is 865. The van der Waals surface area contributed by atoms with Crippen molar-refractivity contribution in [3.63, 3.8) is 0 Å². The molecular weight excluding hydrogens is 368 g/mol. The summed E-state index contributed by atoms with van der Waals surface area (Å²) in [6.07, 6.45) is 5.04. The summed E-state index contributed by atoms with van der Waals surface area (Å²) in [5.41, 5.74) is 8.26. The monoisotopic (exact) mass is 398 g/mol. The lowest BCUT2D eigenvalue weighted by atomic mass is 9.87. The van der Waals surface area contributed by atoms with Crippen LogP contribution in [0.5, 0.6) is 11.5 Å². The molecule has 8 nitrogen and oxygen atoms in total. The summed E-state index contributed by atoms with van der Waals surface area (Å²) in [6.45, 7) is 3.09. The van der Waals surface area contributed by atoms with E-state index in [2.05, 4.69) is 33.4 Å². The summed E-state index contributed by atoms with van der Waals surface area (Å²) in [4.78, 5) is 7.05. The zero-order chi connectivity index (χ0) is 20.2. The van der Waals surface area contributed by atoms with Crippen molar-refractivity contribution >= 4 is 11.6 Å². The number of piperidine rings is 1. The number of aryl methyl sites for hydroxylation is 1. The molecule has 3 N–H and O–H groups in total. The second kappa shape index (κ2) is 8.73. The van der Waals surface area contributed by atoms with Crippen LogP contribution in [0.2, 0.25) is 0 Å². The third-order valence-corrected chi connectivity index (χ3v) is 5.69. The molecule has 2 aliphatic heterocycles. The summed E-state index contributed by atoms with van der Waals surface area (Å²) in [5.74, 6) is 2.32. The summed E-state index contributed by atoms with van der Waals surface area (Å²) < 4.78 is 13.4. The number of fused-ring (bicyclic) bond motifs is 1. The number of benzene rings is 1. The fraction of sp³-hybridized carbons (Fsp3) is 0.524. The normalized spacial score (nSPS) is 22.9. The van der Waals surface area contributed by atoms with Crippen molar-refractivity contribution in [3.8, 4) is 11.5 Å². The molecule has 0 radical (unpaired) electrons. The molecule has 156 valence electrons. The Morgan fingerprint density at radius 3 is 2.83 bits per heavy atom. The van der Waals surface area contributed by atoms with E-state index in [1.54, 1.807) is 0 Å². The van der Waals surface area contributed by atoms with E-state index in [0.717, 1.165) is 36.6 Å². The van der Waals surface area contributed by atoms with Crippen LogP contribution in [0.4, 0.5) is 5.69 Å². The molecule has 3 heterocycles. The number of nitrogens with zero attached hydrogens (tertiary/aromatic N) is 4. The van der Waals surface area contributed by atoms with E-state index < -0.39 is 0 Å². The van der Waals surface area contributed by atoms with E-state index in [4.69, 9.17) is 15.2 Å². The highest BCUT2D eigenvalue weighted by Gasteiger charge is 2.32. The minimum Gasteiger partial charge on any atom is -0.490 e. The van der Waals surface area contributed by atoms with Gasteiger partial charge >= 0.3 is 0 Å². The first kappa shape index (κ1) is 19.6. The number of aliphatic imine (C=N–C) groups is 1. The number of hydrogen-bond acceptors (Lipinski definition) is 5. The van der Waals surface area contributed by atoms with Gasteiger partial charge in [-0.2, -0.15) is 5.10 Å². The van der Waals surface area contributed by atoms with Crippen molar-refractivity contribution in [1.29, 1.82) is 0 Å². The van der Waals surface area contributed by atoms with E-state index in [0.29, 0.717) is 37.7 Å². The summed E-state index contributed by atoms with van der Waals surface area (Å²) in [7, 11) is 4.17. The molecule has 0 unspecified atom stereocenters. The summed E-state index contributed by atoms with van der Waals surface area (Å²) in [6, 6.07) is 8.15. The first-order chi connectivity index (χ1) is 14.1. The Kier molecular flexibility index (Phi) is 5.89. The number of hydrogen-bond donors (Lipinski definition) is 2. The van der Waals surface area contributed by atoms with Crippen LogP contribution in [0.15, 0.2) is 35.5 Å². The van der Waals surface area contributed by atoms with Gasteiger partial charge in [-0.3, -0.25) is 14.6 Å². The summed E-state index contributed by atoms with van der Waals surface area (Å²) >= 11 is 0. The third kappa shape index (κ3) is 4.48. The van der Waals surface area contributed by atoms with Crippen LogP contribution in [-0.4, -0.2) is 54.0 Å². The highest BCUT2D eigenvalue weighted by Crippen LogP contribution is 2.35. The van der Waals surface area contributed by atoms with E-state index in [1.165, 1.54) is 12.1 Å². The Morgan fingerprint density at radius 2 is 2.03 bits per heavy atom. The molecule has 8 heteroatoms. The van der Waals surface area contributed by atoms with Gasteiger partial charge in [0.2, 0.25) is 0 Å². The molecule has 2 atom stereocenters. The molecule has 1 saturated heterocycles. The first-order valence-electron chi connectivity index (χ1n) is 10.3. The van der Waals surface area contributed by atoms with Gasteiger partial charge in [0.05, 0.1) is 24.9 Å². The number of nitrogens with one attached hydrogen (secondary N) is 1. The SMILES string of the molecule is CN1CCC[C@@H](CN=C(N)Nc2ccc3c(c2)OCCCO3)[C@@H]1c1ccnn1C. The molecule has 0 aliphatic carbocycles. The summed E-state index contributed by atoms with van der Waals surface area (Å²) in [5, 5.41) is 7.53. The number of likely N-dealkylation sites (tertiary alicyclic amines) is 1. The van der Waals surface area contributed by atoms with Gasteiger partial charge in [0.25, 0.3) is 0 Å². The maximum absolute atomic E-state index is 6.19. The minimum atomic E-state index is 0.297. The highest BCUT2D eigenvalue weighted by atomic mass is 16.5. The van der Waals surface area contributed by atoms with E-state index >= 15 is 0 Å². The van der Waals surface area contributed by atoms with E-state index in [-0.39, 0.29) is 0 Å². The molecule has 2 aromatic rings.